The molecule has 1 aromatic carbocycles. The van der Waals surface area contributed by atoms with Crippen LogP contribution in [0.15, 0.2) is 24.3 Å². The molecule has 24 heavy (non-hydrogen) atoms. The summed E-state index contributed by atoms with van der Waals surface area (Å²) in [5.74, 6) is -1.65. The molecule has 2 aliphatic heterocycles. The number of ether oxygens (including phenoxy) is 1. The zero-order valence-electron chi connectivity index (χ0n) is 12.1. The van der Waals surface area contributed by atoms with Gasteiger partial charge in [-0.1, -0.05) is 0 Å². The van der Waals surface area contributed by atoms with Crippen LogP contribution in [0.25, 0.3) is 0 Å². The van der Waals surface area contributed by atoms with E-state index in [1.807, 2.05) is 0 Å². The Morgan fingerprint density at radius 2 is 2.08 bits per heavy atom. The van der Waals surface area contributed by atoms with E-state index >= 15 is 0 Å². The van der Waals surface area contributed by atoms with Gasteiger partial charge in [0.1, 0.15) is 12.0 Å². The molecule has 0 spiro atoms. The molecule has 0 aromatic heterocycles. The van der Waals surface area contributed by atoms with Crippen LogP contribution in [0.5, 0.6) is 0 Å². The van der Waals surface area contributed by atoms with Crippen LogP contribution in [0.4, 0.5) is 5.69 Å². The van der Waals surface area contributed by atoms with Gasteiger partial charge < -0.3 is 9.64 Å². The topological polar surface area (TPSA) is 107 Å². The van der Waals surface area contributed by atoms with E-state index in [-0.39, 0.29) is 24.6 Å². The van der Waals surface area contributed by atoms with E-state index < -0.39 is 32.8 Å². The first kappa shape index (κ1) is 16.7. The van der Waals surface area contributed by atoms with Crippen molar-refractivity contribution in [3.8, 4) is 0 Å². The van der Waals surface area contributed by atoms with Gasteiger partial charge in [0.25, 0.3) is 17.4 Å². The average molecular weight is 371 g/mol. The Morgan fingerprint density at radius 1 is 1.42 bits per heavy atom. The number of non-ortho nitro benzene ring substituents is 1. The Morgan fingerprint density at radius 3 is 2.71 bits per heavy atom. The van der Waals surface area contributed by atoms with Crippen molar-refractivity contribution in [2.24, 2.45) is 0 Å². The highest BCUT2D eigenvalue weighted by Gasteiger charge is 2.56. The number of thioether (sulfide) groups is 1. The summed E-state index contributed by atoms with van der Waals surface area (Å²) in [7, 11) is 0. The Balaban J connectivity index is 1.59. The second-order valence-electron chi connectivity index (χ2n) is 5.43. The number of rotatable bonds is 4. The maximum atomic E-state index is 12.2. The van der Waals surface area contributed by atoms with Crippen molar-refractivity contribution in [2.75, 3.05) is 12.3 Å². The summed E-state index contributed by atoms with van der Waals surface area (Å²) in [6, 6.07) is 5.58. The van der Waals surface area contributed by atoms with Gasteiger partial charge in [0.15, 0.2) is 4.87 Å². The number of fused-ring (bicyclic) bond motifs is 1. The van der Waals surface area contributed by atoms with E-state index in [0.29, 0.717) is 5.56 Å². The summed E-state index contributed by atoms with van der Waals surface area (Å²) in [6.45, 7) is -0.165. The van der Waals surface area contributed by atoms with E-state index in [9.17, 15) is 24.5 Å². The van der Waals surface area contributed by atoms with Crippen LogP contribution in [-0.2, 0) is 25.7 Å². The largest absolute Gasteiger partial charge is 0.459 e. The first-order chi connectivity index (χ1) is 11.3. The second-order valence-corrected chi connectivity index (χ2v) is 7.22. The minimum atomic E-state index is -1.40. The molecule has 10 heteroatoms. The zero-order chi connectivity index (χ0) is 17.5. The first-order valence-electron chi connectivity index (χ1n) is 6.88. The number of ketones is 1. The third kappa shape index (κ3) is 2.84. The van der Waals surface area contributed by atoms with Crippen LogP contribution >= 0.6 is 23.4 Å². The van der Waals surface area contributed by atoms with Crippen molar-refractivity contribution in [3.63, 3.8) is 0 Å². The summed E-state index contributed by atoms with van der Waals surface area (Å²) in [4.78, 5) is 45.0. The lowest BCUT2D eigenvalue weighted by atomic mass is 10.1. The minimum absolute atomic E-state index is 0.0606. The van der Waals surface area contributed by atoms with Crippen molar-refractivity contribution in [1.29, 1.82) is 0 Å². The number of benzene rings is 1. The van der Waals surface area contributed by atoms with E-state index in [2.05, 4.69) is 0 Å². The molecule has 2 atom stereocenters. The summed E-state index contributed by atoms with van der Waals surface area (Å²) in [6.07, 6.45) is 0. The van der Waals surface area contributed by atoms with Crippen LogP contribution in [0.1, 0.15) is 5.56 Å². The van der Waals surface area contributed by atoms with Crippen LogP contribution in [0.3, 0.4) is 0 Å². The number of esters is 1. The lowest BCUT2D eigenvalue weighted by Crippen LogP contribution is -2.68. The summed E-state index contributed by atoms with van der Waals surface area (Å²) in [5.41, 5.74) is 0.514. The standard InChI is InChI=1S/C14H11ClN2O6S/c15-14(6-16-11(19)10(18)12(16)24-7-14)13(20)23-5-8-1-3-9(4-2-8)17(21)22/h1-4,12H,5-7H2/t12-,14?/m1/s1. The fraction of sp³-hybridized carbons (Fsp3) is 0.357. The number of alkyl halides is 1. The summed E-state index contributed by atoms with van der Waals surface area (Å²) in [5, 5.41) is 10.0. The molecule has 0 bridgehead atoms. The number of nitro groups is 1. The number of carbonyl (C=O) groups excluding carboxylic acids is 3. The molecule has 126 valence electrons. The SMILES string of the molecule is O=C1C(=O)N2CC(Cl)(C(=O)OCc3ccc([N+](=O)[O-])cc3)CS[C@H]12. The first-order valence-corrected chi connectivity index (χ1v) is 8.30. The highest BCUT2D eigenvalue weighted by atomic mass is 35.5. The number of carbonyl (C=O) groups is 3. The van der Waals surface area contributed by atoms with Gasteiger partial charge in [-0.15, -0.1) is 23.4 Å². The maximum absolute atomic E-state index is 12.2. The monoisotopic (exact) mass is 370 g/mol. The Bertz CT molecular complexity index is 739. The van der Waals surface area contributed by atoms with Crippen LogP contribution < -0.4 is 0 Å². The molecule has 1 unspecified atom stereocenters. The number of hydrogen-bond donors (Lipinski definition) is 0. The van der Waals surface area contributed by atoms with Gasteiger partial charge in [-0.25, -0.2) is 0 Å². The lowest BCUT2D eigenvalue weighted by molar-refractivity contribution is -0.384. The predicted molar refractivity (Wildman–Crippen MR) is 84.4 cm³/mol. The third-order valence-electron chi connectivity index (χ3n) is 3.75. The molecule has 2 aliphatic rings. The molecule has 0 radical (unpaired) electrons. The number of halogens is 1. The molecular weight excluding hydrogens is 360 g/mol. The van der Waals surface area contributed by atoms with Crippen LogP contribution in [0.2, 0.25) is 0 Å². The quantitative estimate of drug-likeness (QED) is 0.195. The fourth-order valence-corrected chi connectivity index (χ4v) is 4.00. The van der Waals surface area contributed by atoms with Gasteiger partial charge in [-0.3, -0.25) is 24.5 Å². The molecule has 3 rings (SSSR count). The third-order valence-corrected chi connectivity index (χ3v) is 5.76. The van der Waals surface area contributed by atoms with E-state index in [1.54, 1.807) is 0 Å². The molecule has 2 fully saturated rings. The second kappa shape index (κ2) is 6.06. The molecule has 0 saturated carbocycles. The van der Waals surface area contributed by atoms with Crippen molar-refractivity contribution in [3.05, 3.63) is 39.9 Å². The van der Waals surface area contributed by atoms with Gasteiger partial charge >= 0.3 is 5.97 Å². The Labute approximate surface area is 145 Å². The highest BCUT2D eigenvalue weighted by Crippen LogP contribution is 2.39. The summed E-state index contributed by atoms with van der Waals surface area (Å²) >= 11 is 7.41. The van der Waals surface area contributed by atoms with Gasteiger partial charge in [-0.2, -0.15) is 0 Å². The molecule has 0 N–H and O–H groups in total. The van der Waals surface area contributed by atoms with Crippen molar-refractivity contribution in [2.45, 2.75) is 16.9 Å². The van der Waals surface area contributed by atoms with E-state index in [4.69, 9.17) is 16.3 Å². The van der Waals surface area contributed by atoms with Gasteiger partial charge in [0.2, 0.25) is 0 Å². The molecule has 8 nitrogen and oxygen atoms in total. The molecule has 1 amide bonds. The number of β-lactam (4-membered cyclic amide) rings is 1. The smallest absolute Gasteiger partial charge is 0.330 e. The van der Waals surface area contributed by atoms with Crippen LogP contribution in [-0.4, -0.2) is 50.0 Å². The molecule has 2 heterocycles. The highest BCUT2D eigenvalue weighted by molar-refractivity contribution is 8.01. The van der Waals surface area contributed by atoms with E-state index in [0.717, 1.165) is 11.8 Å². The van der Waals surface area contributed by atoms with Gasteiger partial charge in [0.05, 0.1) is 11.5 Å². The van der Waals surface area contributed by atoms with Crippen molar-refractivity contribution >= 4 is 46.7 Å². The minimum Gasteiger partial charge on any atom is -0.459 e. The Kier molecular flexibility index (Phi) is 4.22. The molecular formula is C14H11ClN2O6S. The van der Waals surface area contributed by atoms with Crippen molar-refractivity contribution < 1.29 is 24.0 Å². The Hall–Kier alpha value is -2.13. The molecule has 0 aliphatic carbocycles. The fourth-order valence-electron chi connectivity index (χ4n) is 2.39. The van der Waals surface area contributed by atoms with Gasteiger partial charge in [-0.05, 0) is 17.7 Å². The number of nitro benzene ring substituents is 1. The summed E-state index contributed by atoms with van der Waals surface area (Å²) < 4.78 is 5.16. The maximum Gasteiger partial charge on any atom is 0.330 e. The molecule has 1 aromatic rings. The van der Waals surface area contributed by atoms with Gasteiger partial charge in [0, 0.05) is 17.9 Å². The number of amides is 1. The molecule has 2 saturated heterocycles. The van der Waals surface area contributed by atoms with Crippen LogP contribution in [0, 0.1) is 10.1 Å². The normalized spacial score (nSPS) is 25.7. The number of hydrogen-bond acceptors (Lipinski definition) is 7. The number of Topliss-reactive ketones (excluding diaryl/α,β-unsaturated/α-hetero) is 1. The number of nitrogens with zero attached hydrogens (tertiary/aromatic N) is 2. The van der Waals surface area contributed by atoms with Crippen molar-refractivity contribution in [1.82, 2.24) is 4.90 Å². The van der Waals surface area contributed by atoms with E-state index in [1.165, 1.54) is 29.2 Å². The average Bonchev–Trinajstić information content (AvgIpc) is 2.59. The lowest BCUT2D eigenvalue weighted by Gasteiger charge is -2.46. The predicted octanol–water partition coefficient (Wildman–Crippen LogP) is 1.10. The zero-order valence-corrected chi connectivity index (χ0v) is 13.7.